The Hall–Kier alpha value is -3.48. The van der Waals surface area contributed by atoms with Crippen LogP contribution in [-0.4, -0.2) is 73.1 Å². The molecule has 0 spiro atoms. The maximum absolute atomic E-state index is 13.6. The van der Waals surface area contributed by atoms with Crippen molar-refractivity contribution < 1.29 is 27.5 Å². The summed E-state index contributed by atoms with van der Waals surface area (Å²) < 4.78 is 41.9. The molecule has 2 aromatic carbocycles. The number of guanidine groups is 1. The van der Waals surface area contributed by atoms with E-state index in [1.807, 2.05) is 18.2 Å². The fraction of sp³-hybridized carbons (Fsp3) is 0.516. The number of carbonyl (C=O) groups excluding carboxylic acids is 1. The SMILES string of the molecule is O=C(CCC1CCCCC1)N(CCCC(O)c1nc2ccccc2o1)NC(=NS(=O)(=O)c1ccccc1)N1CCOCC1. The first-order valence-electron chi connectivity index (χ1n) is 15.2. The second-order valence-electron chi connectivity index (χ2n) is 11.2. The van der Waals surface area contributed by atoms with Gasteiger partial charge in [0.2, 0.25) is 17.8 Å². The minimum absolute atomic E-state index is 0.0687. The molecule has 0 bridgehead atoms. The number of fused-ring (bicyclic) bond motifs is 1. The first-order chi connectivity index (χ1) is 20.9. The number of carbonyl (C=O) groups is 1. The van der Waals surface area contributed by atoms with Gasteiger partial charge in [-0.05, 0) is 49.4 Å². The maximum atomic E-state index is 13.6. The third-order valence-electron chi connectivity index (χ3n) is 8.04. The lowest BCUT2D eigenvalue weighted by atomic mass is 9.86. The van der Waals surface area contributed by atoms with Gasteiger partial charge in [0.25, 0.3) is 10.0 Å². The molecule has 12 heteroatoms. The minimum Gasteiger partial charge on any atom is -0.438 e. The van der Waals surface area contributed by atoms with Gasteiger partial charge in [-0.1, -0.05) is 62.4 Å². The van der Waals surface area contributed by atoms with Crippen molar-refractivity contribution in [3.8, 4) is 0 Å². The maximum Gasteiger partial charge on any atom is 0.285 e. The first-order valence-corrected chi connectivity index (χ1v) is 16.7. The van der Waals surface area contributed by atoms with Crippen LogP contribution < -0.4 is 5.43 Å². The number of aromatic nitrogens is 1. The normalized spacial score (nSPS) is 17.6. The Kier molecular flexibility index (Phi) is 10.7. The average molecular weight is 612 g/mol. The van der Waals surface area contributed by atoms with Gasteiger partial charge in [-0.3, -0.25) is 15.2 Å². The van der Waals surface area contributed by atoms with Gasteiger partial charge >= 0.3 is 0 Å². The van der Waals surface area contributed by atoms with Crippen LogP contribution in [0, 0.1) is 5.92 Å². The van der Waals surface area contributed by atoms with Crippen LogP contribution in [0.4, 0.5) is 0 Å². The molecule has 3 aromatic rings. The van der Waals surface area contributed by atoms with E-state index in [9.17, 15) is 18.3 Å². The summed E-state index contributed by atoms with van der Waals surface area (Å²) in [6, 6.07) is 15.3. The molecule has 1 atom stereocenters. The van der Waals surface area contributed by atoms with Gasteiger partial charge in [0.1, 0.15) is 11.6 Å². The van der Waals surface area contributed by atoms with Gasteiger partial charge < -0.3 is 19.2 Å². The predicted octanol–water partition coefficient (Wildman–Crippen LogP) is 4.41. The zero-order valence-corrected chi connectivity index (χ0v) is 25.3. The van der Waals surface area contributed by atoms with Crippen LogP contribution in [-0.2, 0) is 19.6 Å². The number of rotatable bonds is 10. The molecule has 0 radical (unpaired) electrons. The summed E-state index contributed by atoms with van der Waals surface area (Å²) in [5, 5.41) is 12.3. The van der Waals surface area contributed by atoms with Crippen LogP contribution in [0.5, 0.6) is 0 Å². The van der Waals surface area contributed by atoms with Crippen LogP contribution >= 0.6 is 0 Å². The third-order valence-corrected chi connectivity index (χ3v) is 9.32. The summed E-state index contributed by atoms with van der Waals surface area (Å²) in [6.45, 7) is 1.92. The summed E-state index contributed by atoms with van der Waals surface area (Å²) in [4.78, 5) is 19.9. The monoisotopic (exact) mass is 611 g/mol. The van der Waals surface area contributed by atoms with Gasteiger partial charge in [0.05, 0.1) is 18.1 Å². The Bertz CT molecular complexity index is 1430. The molecule has 1 unspecified atom stereocenters. The van der Waals surface area contributed by atoms with Gasteiger partial charge in [-0.15, -0.1) is 4.40 Å². The first kappa shape index (κ1) is 31.0. The molecule has 1 amide bonds. The van der Waals surface area contributed by atoms with Crippen molar-refractivity contribution in [1.82, 2.24) is 20.3 Å². The zero-order valence-electron chi connectivity index (χ0n) is 24.4. The number of para-hydroxylation sites is 2. The molecule has 1 saturated carbocycles. The van der Waals surface area contributed by atoms with Crippen molar-refractivity contribution >= 4 is 33.0 Å². The lowest BCUT2D eigenvalue weighted by molar-refractivity contribution is -0.133. The minimum atomic E-state index is -4.05. The fourth-order valence-corrected chi connectivity index (χ4v) is 6.57. The van der Waals surface area contributed by atoms with Crippen molar-refractivity contribution in [3.63, 3.8) is 0 Å². The molecule has 1 aliphatic heterocycles. The number of nitrogens with zero attached hydrogens (tertiary/aromatic N) is 4. The number of aliphatic hydroxyl groups excluding tert-OH is 1. The zero-order chi connectivity index (χ0) is 30.1. The highest BCUT2D eigenvalue weighted by molar-refractivity contribution is 7.90. The van der Waals surface area contributed by atoms with E-state index < -0.39 is 16.1 Å². The van der Waals surface area contributed by atoms with E-state index in [1.165, 1.54) is 36.4 Å². The van der Waals surface area contributed by atoms with E-state index in [4.69, 9.17) is 9.15 Å². The predicted molar refractivity (Wildman–Crippen MR) is 162 cm³/mol. The van der Waals surface area contributed by atoms with E-state index in [-0.39, 0.29) is 29.2 Å². The number of amides is 1. The van der Waals surface area contributed by atoms with Gasteiger partial charge in [0.15, 0.2) is 5.58 Å². The molecule has 232 valence electrons. The fourth-order valence-electron chi connectivity index (χ4n) is 5.58. The van der Waals surface area contributed by atoms with E-state index in [0.717, 1.165) is 19.3 Å². The Morgan fingerprint density at radius 3 is 2.53 bits per heavy atom. The molecular weight excluding hydrogens is 570 g/mol. The van der Waals surface area contributed by atoms with Crippen molar-refractivity contribution in [2.75, 3.05) is 32.8 Å². The summed E-state index contributed by atoms with van der Waals surface area (Å²) in [5.74, 6) is 0.692. The number of benzene rings is 2. The molecule has 5 rings (SSSR count). The van der Waals surface area contributed by atoms with Crippen molar-refractivity contribution in [2.45, 2.75) is 68.8 Å². The molecule has 2 N–H and O–H groups in total. The highest BCUT2D eigenvalue weighted by Gasteiger charge is 2.26. The largest absolute Gasteiger partial charge is 0.438 e. The van der Waals surface area contributed by atoms with Crippen molar-refractivity contribution in [2.24, 2.45) is 10.3 Å². The summed E-state index contributed by atoms with van der Waals surface area (Å²) in [6.07, 6.45) is 6.80. The van der Waals surface area contributed by atoms with Gasteiger partial charge in [-0.2, -0.15) is 8.42 Å². The Morgan fingerprint density at radius 2 is 1.79 bits per heavy atom. The summed E-state index contributed by atoms with van der Waals surface area (Å²) in [7, 11) is -4.05. The Morgan fingerprint density at radius 1 is 1.07 bits per heavy atom. The van der Waals surface area contributed by atoms with Crippen LogP contribution in [0.2, 0.25) is 0 Å². The third kappa shape index (κ3) is 8.55. The topological polar surface area (TPSA) is 138 Å². The van der Waals surface area contributed by atoms with Crippen LogP contribution in [0.1, 0.15) is 69.8 Å². The lowest BCUT2D eigenvalue weighted by Crippen LogP contribution is -2.55. The number of morpholine rings is 1. The quantitative estimate of drug-likeness (QED) is 0.194. The van der Waals surface area contributed by atoms with E-state index in [2.05, 4.69) is 14.8 Å². The number of ether oxygens (including phenoxy) is 1. The Balaban J connectivity index is 1.32. The molecule has 1 saturated heterocycles. The van der Waals surface area contributed by atoms with Crippen molar-refractivity contribution in [3.05, 3.63) is 60.5 Å². The molecular formula is C31H41N5O6S. The highest BCUT2D eigenvalue weighted by atomic mass is 32.2. The highest BCUT2D eigenvalue weighted by Crippen LogP contribution is 2.28. The molecule has 2 aliphatic rings. The molecule has 1 aliphatic carbocycles. The van der Waals surface area contributed by atoms with Crippen LogP contribution in [0.3, 0.4) is 0 Å². The van der Waals surface area contributed by atoms with Crippen LogP contribution in [0.25, 0.3) is 11.1 Å². The number of hydrogen-bond acceptors (Lipinski definition) is 7. The number of hydrogen-bond donors (Lipinski definition) is 2. The second kappa shape index (κ2) is 14.8. The molecule has 2 heterocycles. The van der Waals surface area contributed by atoms with Crippen LogP contribution in [0.15, 0.2) is 68.3 Å². The number of aliphatic hydroxyl groups is 1. The summed E-state index contributed by atoms with van der Waals surface area (Å²) in [5.41, 5.74) is 4.35. The average Bonchev–Trinajstić information content (AvgIpc) is 3.49. The second-order valence-corrected chi connectivity index (χ2v) is 12.8. The number of hydrazine groups is 1. The van der Waals surface area contributed by atoms with Gasteiger partial charge in [-0.25, -0.2) is 4.98 Å². The Labute approximate surface area is 253 Å². The van der Waals surface area contributed by atoms with E-state index in [1.54, 1.807) is 29.2 Å². The molecule has 43 heavy (non-hydrogen) atoms. The van der Waals surface area contributed by atoms with E-state index in [0.29, 0.717) is 62.6 Å². The molecule has 2 fully saturated rings. The lowest BCUT2D eigenvalue weighted by Gasteiger charge is -2.34. The molecule has 11 nitrogen and oxygen atoms in total. The number of sulfonamides is 1. The van der Waals surface area contributed by atoms with Crippen molar-refractivity contribution in [1.29, 1.82) is 0 Å². The van der Waals surface area contributed by atoms with Gasteiger partial charge in [0, 0.05) is 26.1 Å². The number of nitrogens with one attached hydrogen (secondary N) is 1. The standard InChI is InChI=1S/C31H41N5O6S/c37-27(30-32-26-14-7-8-16-28(26)42-30)15-9-19-36(29(38)18-17-24-10-3-1-4-11-24)33-31(35-20-22-41-23-21-35)34-43(39,40)25-12-5-2-6-13-25/h2,5-8,12-14,16,24,27,37H,1,3-4,9-11,15,17-23H2,(H,33,34). The summed E-state index contributed by atoms with van der Waals surface area (Å²) >= 11 is 0. The molecule has 1 aromatic heterocycles. The number of oxazole rings is 1. The smallest absolute Gasteiger partial charge is 0.285 e. The van der Waals surface area contributed by atoms with E-state index >= 15 is 0 Å².